The zero-order chi connectivity index (χ0) is 32.9. The van der Waals surface area contributed by atoms with Gasteiger partial charge in [0, 0.05) is 78.1 Å². The van der Waals surface area contributed by atoms with Crippen molar-refractivity contribution in [3.8, 4) is 17.3 Å². The standard InChI is InChI=1S/C33H33F2N9O3/c1-4-47-23-15-25(34)24(26(35)16-23)17-44-30(20-5-6-20)19(2)28(43-44)31-41-32(38-21-7-11-36-12-8-21)29(40-27(45)18-46-3)33(42-31)39-22-9-13-37-14-10-22/h7-16,20H,4-6,17-18H2,1-3H3,(H,40,45)(H2,36,37,38,39,41,42). The molecule has 4 heterocycles. The molecule has 0 aliphatic heterocycles. The molecule has 12 nitrogen and oxygen atoms in total. The largest absolute Gasteiger partial charge is 0.494 e. The number of anilines is 5. The van der Waals surface area contributed by atoms with E-state index in [4.69, 9.17) is 24.5 Å². The molecule has 1 saturated carbocycles. The van der Waals surface area contributed by atoms with Gasteiger partial charge in [0.15, 0.2) is 17.5 Å². The van der Waals surface area contributed by atoms with Crippen molar-refractivity contribution in [3.05, 3.63) is 89.6 Å². The maximum atomic E-state index is 15.2. The van der Waals surface area contributed by atoms with Gasteiger partial charge in [0.05, 0.1) is 13.2 Å². The Morgan fingerprint density at radius 2 is 1.53 bits per heavy atom. The van der Waals surface area contributed by atoms with E-state index in [1.54, 1.807) is 60.7 Å². The molecule has 14 heteroatoms. The minimum Gasteiger partial charge on any atom is -0.494 e. The predicted molar refractivity (Wildman–Crippen MR) is 172 cm³/mol. The van der Waals surface area contributed by atoms with Crippen LogP contribution in [-0.2, 0) is 16.1 Å². The second-order valence-corrected chi connectivity index (χ2v) is 10.9. The van der Waals surface area contributed by atoms with Gasteiger partial charge in [-0.2, -0.15) is 5.10 Å². The number of benzene rings is 1. The summed E-state index contributed by atoms with van der Waals surface area (Å²) in [5.41, 5.74) is 3.54. The van der Waals surface area contributed by atoms with E-state index in [-0.39, 0.29) is 60.1 Å². The minimum atomic E-state index is -0.718. The van der Waals surface area contributed by atoms with Crippen molar-refractivity contribution in [2.75, 3.05) is 36.3 Å². The molecule has 0 saturated heterocycles. The molecule has 1 aliphatic carbocycles. The highest BCUT2D eigenvalue weighted by atomic mass is 19.1. The van der Waals surface area contributed by atoms with Crippen molar-refractivity contribution in [3.63, 3.8) is 0 Å². The van der Waals surface area contributed by atoms with E-state index < -0.39 is 17.5 Å². The summed E-state index contributed by atoms with van der Waals surface area (Å²) in [6.07, 6.45) is 8.34. The van der Waals surface area contributed by atoms with Gasteiger partial charge in [-0.25, -0.2) is 18.7 Å². The van der Waals surface area contributed by atoms with E-state index in [9.17, 15) is 4.79 Å². The Morgan fingerprint density at radius 1 is 0.957 bits per heavy atom. The van der Waals surface area contributed by atoms with Gasteiger partial charge in [-0.15, -0.1) is 0 Å². The normalized spacial score (nSPS) is 12.5. The zero-order valence-electron chi connectivity index (χ0n) is 26.1. The molecule has 1 aliphatic rings. The summed E-state index contributed by atoms with van der Waals surface area (Å²) in [7, 11) is 1.42. The Labute approximate surface area is 269 Å². The fourth-order valence-electron chi connectivity index (χ4n) is 5.22. The van der Waals surface area contributed by atoms with Crippen LogP contribution in [0.5, 0.6) is 5.75 Å². The number of carbonyl (C=O) groups excluding carboxylic acids is 1. The lowest BCUT2D eigenvalue weighted by molar-refractivity contribution is -0.119. The van der Waals surface area contributed by atoms with Crippen LogP contribution in [0.1, 0.15) is 42.5 Å². The Morgan fingerprint density at radius 3 is 2.04 bits per heavy atom. The first-order chi connectivity index (χ1) is 22.8. The summed E-state index contributed by atoms with van der Waals surface area (Å²) in [5, 5.41) is 14.2. The van der Waals surface area contributed by atoms with E-state index in [1.165, 1.54) is 19.2 Å². The molecule has 0 bridgehead atoms. The Kier molecular flexibility index (Phi) is 9.29. The van der Waals surface area contributed by atoms with Crippen LogP contribution >= 0.6 is 0 Å². The third-order valence-corrected chi connectivity index (χ3v) is 7.48. The molecule has 47 heavy (non-hydrogen) atoms. The molecular formula is C33H33F2N9O3. The number of halogens is 2. The van der Waals surface area contributed by atoms with Gasteiger partial charge in [0.2, 0.25) is 0 Å². The second-order valence-electron chi connectivity index (χ2n) is 10.9. The molecule has 1 amide bonds. The van der Waals surface area contributed by atoms with Crippen LogP contribution in [0.4, 0.5) is 37.5 Å². The van der Waals surface area contributed by atoms with Gasteiger partial charge in [0.1, 0.15) is 35.4 Å². The SMILES string of the molecule is CCOc1cc(F)c(Cn2nc(-c3nc(Nc4ccncc4)c(NC(=O)COC)c(Nc4ccncc4)n3)c(C)c2C2CC2)c(F)c1. The summed E-state index contributed by atoms with van der Waals surface area (Å²) >= 11 is 0. The molecule has 0 spiro atoms. The summed E-state index contributed by atoms with van der Waals surface area (Å²) < 4.78 is 42.3. The van der Waals surface area contributed by atoms with Crippen molar-refractivity contribution in [2.45, 2.75) is 39.2 Å². The summed E-state index contributed by atoms with van der Waals surface area (Å²) in [6, 6.07) is 9.38. The highest BCUT2D eigenvalue weighted by molar-refractivity contribution is 5.99. The molecule has 242 valence electrons. The van der Waals surface area contributed by atoms with E-state index in [0.29, 0.717) is 17.1 Å². The van der Waals surface area contributed by atoms with Crippen LogP contribution in [0.15, 0.2) is 61.2 Å². The average molecular weight is 642 g/mol. The maximum absolute atomic E-state index is 15.2. The fraction of sp³-hybridized carbons (Fsp3) is 0.273. The number of rotatable bonds is 13. The summed E-state index contributed by atoms with van der Waals surface area (Å²) in [5.74, 6) is -0.776. The van der Waals surface area contributed by atoms with E-state index in [1.807, 2.05) is 6.92 Å². The van der Waals surface area contributed by atoms with Crippen molar-refractivity contribution >= 4 is 34.6 Å². The first kappa shape index (κ1) is 31.5. The quantitative estimate of drug-likeness (QED) is 0.138. The van der Waals surface area contributed by atoms with Gasteiger partial charge < -0.3 is 25.4 Å². The fourth-order valence-corrected chi connectivity index (χ4v) is 5.22. The van der Waals surface area contributed by atoms with Gasteiger partial charge >= 0.3 is 0 Å². The molecule has 6 rings (SSSR count). The van der Waals surface area contributed by atoms with Crippen LogP contribution in [-0.4, -0.2) is 55.9 Å². The van der Waals surface area contributed by atoms with Crippen molar-refractivity contribution in [1.82, 2.24) is 29.7 Å². The Balaban J connectivity index is 1.48. The monoisotopic (exact) mass is 641 g/mol. The Bertz CT molecular complexity index is 1800. The third-order valence-electron chi connectivity index (χ3n) is 7.48. The zero-order valence-corrected chi connectivity index (χ0v) is 26.1. The number of nitrogens with one attached hydrogen (secondary N) is 3. The lowest BCUT2D eigenvalue weighted by atomic mass is 10.1. The van der Waals surface area contributed by atoms with Crippen LogP contribution in [0.2, 0.25) is 0 Å². The molecule has 0 radical (unpaired) electrons. The number of ether oxygens (including phenoxy) is 2. The number of carbonyl (C=O) groups is 1. The first-order valence-electron chi connectivity index (χ1n) is 15.1. The molecular weight excluding hydrogens is 608 g/mol. The third kappa shape index (κ3) is 7.17. The number of aromatic nitrogens is 6. The van der Waals surface area contributed by atoms with Crippen LogP contribution in [0.3, 0.4) is 0 Å². The summed E-state index contributed by atoms with van der Waals surface area (Å²) in [4.78, 5) is 30.6. The predicted octanol–water partition coefficient (Wildman–Crippen LogP) is 6.11. The lowest BCUT2D eigenvalue weighted by Gasteiger charge is -2.18. The number of pyridine rings is 2. The van der Waals surface area contributed by atoms with Crippen molar-refractivity contribution in [1.29, 1.82) is 0 Å². The molecule has 4 aromatic heterocycles. The number of nitrogens with zero attached hydrogens (tertiary/aromatic N) is 6. The smallest absolute Gasteiger partial charge is 0.250 e. The molecule has 1 fully saturated rings. The average Bonchev–Trinajstić information content (AvgIpc) is 3.84. The molecule has 1 aromatic carbocycles. The van der Waals surface area contributed by atoms with Crippen LogP contribution in [0, 0.1) is 18.6 Å². The molecule has 3 N–H and O–H groups in total. The number of amides is 1. The molecule has 5 aromatic rings. The van der Waals surface area contributed by atoms with Crippen LogP contribution in [0.25, 0.3) is 11.5 Å². The molecule has 0 unspecified atom stereocenters. The highest BCUT2D eigenvalue weighted by Crippen LogP contribution is 2.44. The number of methoxy groups -OCH3 is 1. The lowest BCUT2D eigenvalue weighted by Crippen LogP contribution is -2.20. The van der Waals surface area contributed by atoms with E-state index in [2.05, 4.69) is 25.9 Å². The van der Waals surface area contributed by atoms with Crippen LogP contribution < -0.4 is 20.7 Å². The second kappa shape index (κ2) is 13.9. The van der Waals surface area contributed by atoms with E-state index in [0.717, 1.165) is 24.1 Å². The minimum absolute atomic E-state index is 0.124. The number of hydrogen-bond acceptors (Lipinski definition) is 10. The van der Waals surface area contributed by atoms with Gasteiger partial charge in [-0.05, 0) is 51.0 Å². The molecule has 0 atom stereocenters. The number of hydrogen-bond donors (Lipinski definition) is 3. The van der Waals surface area contributed by atoms with E-state index >= 15 is 8.78 Å². The maximum Gasteiger partial charge on any atom is 0.250 e. The van der Waals surface area contributed by atoms with Crippen molar-refractivity contribution < 1.29 is 23.0 Å². The first-order valence-corrected chi connectivity index (χ1v) is 15.1. The Hall–Kier alpha value is -5.50. The topological polar surface area (TPSA) is 141 Å². The van der Waals surface area contributed by atoms with Gasteiger partial charge in [-0.3, -0.25) is 19.4 Å². The summed E-state index contributed by atoms with van der Waals surface area (Å²) in [6.45, 7) is 3.61. The van der Waals surface area contributed by atoms with Gasteiger partial charge in [0.25, 0.3) is 5.91 Å². The van der Waals surface area contributed by atoms with Gasteiger partial charge in [-0.1, -0.05) is 0 Å². The highest BCUT2D eigenvalue weighted by Gasteiger charge is 2.33. The van der Waals surface area contributed by atoms with Crippen molar-refractivity contribution in [2.24, 2.45) is 0 Å².